The highest BCUT2D eigenvalue weighted by atomic mass is 35.5. The van der Waals surface area contributed by atoms with Gasteiger partial charge in [0.05, 0.1) is 17.9 Å². The first kappa shape index (κ1) is 21.3. The molecule has 1 atom stereocenters. The maximum absolute atomic E-state index is 14.0. The lowest BCUT2D eigenvalue weighted by molar-refractivity contribution is -0.275. The van der Waals surface area contributed by atoms with Crippen molar-refractivity contribution in [3.63, 3.8) is 0 Å². The van der Waals surface area contributed by atoms with Crippen molar-refractivity contribution in [1.29, 1.82) is 0 Å². The number of anilines is 1. The van der Waals surface area contributed by atoms with Gasteiger partial charge in [-0.15, -0.1) is 0 Å². The smallest absolute Gasteiger partial charge is 0.435 e. The summed E-state index contributed by atoms with van der Waals surface area (Å²) >= 11 is 11.8. The summed E-state index contributed by atoms with van der Waals surface area (Å²) in [5.41, 5.74) is 3.33. The molecule has 10 heteroatoms. The maximum atomic E-state index is 14.0. The van der Waals surface area contributed by atoms with E-state index in [2.05, 4.69) is 5.16 Å². The molecule has 5 nitrogen and oxygen atoms in total. The predicted octanol–water partition coefficient (Wildman–Crippen LogP) is 5.33. The minimum Gasteiger partial charge on any atom is -0.462 e. The average Bonchev–Trinajstić information content (AvgIpc) is 3.07. The van der Waals surface area contributed by atoms with Crippen LogP contribution in [-0.4, -0.2) is 24.5 Å². The molecule has 1 unspecified atom stereocenters. The van der Waals surface area contributed by atoms with E-state index >= 15 is 0 Å². The molecule has 0 aliphatic carbocycles. The van der Waals surface area contributed by atoms with Crippen LogP contribution >= 0.6 is 23.2 Å². The van der Waals surface area contributed by atoms with Crippen molar-refractivity contribution in [2.45, 2.75) is 25.1 Å². The van der Waals surface area contributed by atoms with E-state index in [4.69, 9.17) is 38.5 Å². The molecule has 0 radical (unpaired) electrons. The third kappa shape index (κ3) is 4.00. The average molecular weight is 447 g/mol. The first-order chi connectivity index (χ1) is 13.6. The van der Waals surface area contributed by atoms with Gasteiger partial charge in [-0.25, -0.2) is 4.79 Å². The molecule has 2 aromatic rings. The summed E-state index contributed by atoms with van der Waals surface area (Å²) in [4.78, 5) is 16.8. The van der Waals surface area contributed by atoms with E-state index in [-0.39, 0.29) is 44.7 Å². The molecule has 0 bridgehead atoms. The zero-order chi connectivity index (χ0) is 21.4. The van der Waals surface area contributed by atoms with Crippen LogP contribution < -0.4 is 5.73 Å². The third-order valence-corrected chi connectivity index (χ3v) is 4.83. The minimum atomic E-state index is -4.80. The molecule has 1 aliphatic heterocycles. The molecular weight excluding hydrogens is 432 g/mol. The molecule has 0 spiro atoms. The Morgan fingerprint density at radius 3 is 2.45 bits per heavy atom. The largest absolute Gasteiger partial charge is 0.462 e. The molecule has 3 rings (SSSR count). The van der Waals surface area contributed by atoms with E-state index in [9.17, 15) is 18.0 Å². The van der Waals surface area contributed by atoms with Gasteiger partial charge in [-0.05, 0) is 37.3 Å². The van der Waals surface area contributed by atoms with Gasteiger partial charge in [0.1, 0.15) is 0 Å². The van der Waals surface area contributed by atoms with E-state index < -0.39 is 24.2 Å². The Hall–Kier alpha value is -2.45. The summed E-state index contributed by atoms with van der Waals surface area (Å²) in [7, 11) is 0. The number of nitrogens with zero attached hydrogens (tertiary/aromatic N) is 1. The SMILES string of the molecule is CCOC(=O)c1ccc(C2=NOC(c3cc(Cl)cc(Cl)c3)(C(F)(F)F)C2)cc1N. The summed E-state index contributed by atoms with van der Waals surface area (Å²) in [6, 6.07) is 7.75. The quantitative estimate of drug-likeness (QED) is 0.508. The van der Waals surface area contributed by atoms with E-state index in [1.54, 1.807) is 6.92 Å². The predicted molar refractivity (Wildman–Crippen MR) is 103 cm³/mol. The van der Waals surface area contributed by atoms with E-state index in [0.29, 0.717) is 0 Å². The fourth-order valence-electron chi connectivity index (χ4n) is 2.98. The molecule has 0 saturated carbocycles. The van der Waals surface area contributed by atoms with Crippen LogP contribution in [0.3, 0.4) is 0 Å². The van der Waals surface area contributed by atoms with Crippen molar-refractivity contribution in [3.05, 3.63) is 63.1 Å². The molecule has 29 heavy (non-hydrogen) atoms. The number of esters is 1. The van der Waals surface area contributed by atoms with Crippen LogP contribution in [0.2, 0.25) is 10.0 Å². The highest BCUT2D eigenvalue weighted by Crippen LogP contribution is 2.49. The van der Waals surface area contributed by atoms with Crippen molar-refractivity contribution >= 4 is 40.6 Å². The van der Waals surface area contributed by atoms with E-state index in [0.717, 1.165) is 12.1 Å². The van der Waals surface area contributed by atoms with Crippen LogP contribution in [0.15, 0.2) is 41.6 Å². The normalized spacial score (nSPS) is 18.9. The molecule has 2 aromatic carbocycles. The van der Waals surface area contributed by atoms with Gasteiger partial charge in [0.2, 0.25) is 0 Å². The molecule has 0 saturated heterocycles. The summed E-state index contributed by atoms with van der Waals surface area (Å²) in [6.45, 7) is 1.81. The van der Waals surface area contributed by atoms with Gasteiger partial charge in [-0.3, -0.25) is 0 Å². The lowest BCUT2D eigenvalue weighted by Gasteiger charge is -2.29. The van der Waals surface area contributed by atoms with Gasteiger partial charge in [-0.1, -0.05) is 34.4 Å². The summed E-state index contributed by atoms with van der Waals surface area (Å²) in [5.74, 6) is -0.626. The van der Waals surface area contributed by atoms with Crippen molar-refractivity contribution in [2.75, 3.05) is 12.3 Å². The molecule has 1 heterocycles. The molecule has 0 fully saturated rings. The van der Waals surface area contributed by atoms with Gasteiger partial charge in [0.25, 0.3) is 5.60 Å². The van der Waals surface area contributed by atoms with Gasteiger partial charge in [0.15, 0.2) is 0 Å². The number of benzene rings is 2. The van der Waals surface area contributed by atoms with Gasteiger partial charge >= 0.3 is 12.1 Å². The van der Waals surface area contributed by atoms with Gasteiger partial charge in [-0.2, -0.15) is 13.2 Å². The third-order valence-electron chi connectivity index (χ3n) is 4.39. The number of hydrogen-bond donors (Lipinski definition) is 1. The van der Waals surface area contributed by atoms with E-state index in [1.807, 2.05) is 0 Å². The Morgan fingerprint density at radius 1 is 1.24 bits per heavy atom. The Balaban J connectivity index is 1.97. The number of ether oxygens (including phenoxy) is 1. The number of nitrogens with two attached hydrogens (primary N) is 1. The molecule has 2 N–H and O–H groups in total. The summed E-state index contributed by atoms with van der Waals surface area (Å²) < 4.78 is 46.9. The number of alkyl halides is 3. The second-order valence-corrected chi connectivity index (χ2v) is 7.18. The Kier molecular flexibility index (Phi) is 5.69. The number of carbonyl (C=O) groups excluding carboxylic acids is 1. The molecule has 154 valence electrons. The van der Waals surface area contributed by atoms with Crippen molar-refractivity contribution in [3.8, 4) is 0 Å². The van der Waals surface area contributed by atoms with Crippen molar-refractivity contribution in [1.82, 2.24) is 0 Å². The Bertz CT molecular complexity index is 975. The topological polar surface area (TPSA) is 73.9 Å². The van der Waals surface area contributed by atoms with Crippen LogP contribution in [0.5, 0.6) is 0 Å². The van der Waals surface area contributed by atoms with Crippen LogP contribution in [-0.2, 0) is 15.2 Å². The maximum Gasteiger partial charge on any atom is 0.435 e. The van der Waals surface area contributed by atoms with Gasteiger partial charge in [0, 0.05) is 33.3 Å². The number of carbonyl (C=O) groups is 1. The Labute approximate surface area is 174 Å². The lowest BCUT2D eigenvalue weighted by Crippen LogP contribution is -2.42. The van der Waals surface area contributed by atoms with Crippen LogP contribution in [0.25, 0.3) is 0 Å². The molecular formula is C19H15Cl2F3N2O3. The van der Waals surface area contributed by atoms with Crippen molar-refractivity contribution < 1.29 is 27.5 Å². The second kappa shape index (κ2) is 7.76. The second-order valence-electron chi connectivity index (χ2n) is 6.31. The zero-order valence-corrected chi connectivity index (χ0v) is 16.5. The first-order valence-electron chi connectivity index (χ1n) is 8.43. The first-order valence-corrected chi connectivity index (χ1v) is 9.18. The van der Waals surface area contributed by atoms with Crippen molar-refractivity contribution in [2.24, 2.45) is 5.16 Å². The standard InChI is InChI=1S/C19H15Cl2F3N2O3/c1-2-28-17(27)14-4-3-10(5-15(14)25)16-9-18(29-26-16,19(22,23)24)11-6-12(20)8-13(21)7-11/h3-8H,2,9,25H2,1H3. The monoisotopic (exact) mass is 446 g/mol. The van der Waals surface area contributed by atoms with Crippen LogP contribution in [0, 0.1) is 0 Å². The molecule has 1 aliphatic rings. The van der Waals surface area contributed by atoms with Gasteiger partial charge < -0.3 is 15.3 Å². The number of oxime groups is 1. The summed E-state index contributed by atoms with van der Waals surface area (Å²) in [6.07, 6.45) is -5.42. The fraction of sp³-hybridized carbons (Fsp3) is 0.263. The van der Waals surface area contributed by atoms with Crippen LogP contribution in [0.1, 0.15) is 34.8 Å². The highest BCUT2D eigenvalue weighted by Gasteiger charge is 2.62. The van der Waals surface area contributed by atoms with E-state index in [1.165, 1.54) is 24.3 Å². The highest BCUT2D eigenvalue weighted by molar-refractivity contribution is 6.34. The number of halogens is 5. The number of hydrogen-bond acceptors (Lipinski definition) is 5. The molecule has 0 aromatic heterocycles. The minimum absolute atomic E-state index is 0.0144. The van der Waals surface area contributed by atoms with Crippen LogP contribution in [0.4, 0.5) is 18.9 Å². The molecule has 0 amide bonds. The number of nitrogen functional groups attached to an aromatic ring is 1. The summed E-state index contributed by atoms with van der Waals surface area (Å²) in [5, 5.41) is 3.73. The number of rotatable bonds is 4. The Morgan fingerprint density at radius 2 is 1.90 bits per heavy atom. The lowest BCUT2D eigenvalue weighted by atomic mass is 9.86. The fourth-order valence-corrected chi connectivity index (χ4v) is 3.51. The zero-order valence-electron chi connectivity index (χ0n) is 15.0.